The van der Waals surface area contributed by atoms with E-state index < -0.39 is 24.4 Å². The van der Waals surface area contributed by atoms with Crippen LogP contribution in [0.25, 0.3) is 0 Å². The molecule has 0 fully saturated rings. The van der Waals surface area contributed by atoms with Crippen molar-refractivity contribution in [2.75, 3.05) is 10.6 Å². The number of carbonyl (C=O) groups is 2. The van der Waals surface area contributed by atoms with E-state index in [1.807, 2.05) is 170 Å². The van der Waals surface area contributed by atoms with E-state index in [0.717, 1.165) is 33.4 Å². The lowest BCUT2D eigenvalue weighted by Crippen LogP contribution is -2.18. The zero-order valence-electron chi connectivity index (χ0n) is 25.7. The summed E-state index contributed by atoms with van der Waals surface area (Å²) in [4.78, 5) is 25.8. The lowest BCUT2D eigenvalue weighted by atomic mass is 10.0. The molecule has 0 aliphatic rings. The van der Waals surface area contributed by atoms with Crippen LogP contribution >= 0.6 is 0 Å². The molecule has 0 unspecified atom stereocenters. The quantitative estimate of drug-likeness (QED) is 0.160. The average Bonchev–Trinajstić information content (AvgIpc) is 3.13. The Balaban J connectivity index is 1.03. The van der Waals surface area contributed by atoms with Crippen molar-refractivity contribution in [2.45, 2.75) is 18.6 Å². The van der Waals surface area contributed by atoms with Gasteiger partial charge in [-0.15, -0.1) is 0 Å². The first-order valence-electron chi connectivity index (χ1n) is 15.4. The summed E-state index contributed by atoms with van der Waals surface area (Å²) in [6.07, 6.45) is -1.42. The maximum Gasteiger partial charge on any atom is 0.412 e. The van der Waals surface area contributed by atoms with E-state index in [0.29, 0.717) is 17.8 Å². The average molecular weight is 619 g/mol. The van der Waals surface area contributed by atoms with Crippen LogP contribution in [0.1, 0.15) is 45.6 Å². The number of benzene rings is 6. The fourth-order valence-corrected chi connectivity index (χ4v) is 5.32. The van der Waals surface area contributed by atoms with Gasteiger partial charge in [-0.05, 0) is 64.1 Å². The molecule has 2 N–H and O–H groups in total. The lowest BCUT2D eigenvalue weighted by molar-refractivity contribution is 0.130. The normalized spacial score (nSPS) is 10.8. The standard InChI is InChI=1S/C41H34N2O4/c44-40(46-38(32-13-5-1-6-14-32)33-15-7-2-8-16-33)42-36-25-21-30(22-26-36)29-31-23-27-37(28-24-31)43-41(45)47-39(34-17-9-3-10-18-34)35-19-11-4-12-20-35/h1-28,38-39H,29H2,(H,42,44)(H,43,45). The molecule has 6 rings (SSSR count). The first-order valence-corrected chi connectivity index (χ1v) is 15.4. The van der Waals surface area contributed by atoms with Crippen molar-refractivity contribution in [3.8, 4) is 0 Å². The molecule has 232 valence electrons. The van der Waals surface area contributed by atoms with Crippen LogP contribution in [0.5, 0.6) is 0 Å². The van der Waals surface area contributed by atoms with E-state index in [4.69, 9.17) is 9.47 Å². The summed E-state index contributed by atoms with van der Waals surface area (Å²) in [6.45, 7) is 0. The van der Waals surface area contributed by atoms with E-state index in [9.17, 15) is 9.59 Å². The van der Waals surface area contributed by atoms with Gasteiger partial charge in [0.05, 0.1) is 0 Å². The van der Waals surface area contributed by atoms with E-state index in [-0.39, 0.29) is 0 Å². The molecule has 0 heterocycles. The second kappa shape index (κ2) is 15.2. The van der Waals surface area contributed by atoms with E-state index >= 15 is 0 Å². The maximum absolute atomic E-state index is 12.9. The smallest absolute Gasteiger partial charge is 0.412 e. The minimum absolute atomic E-state index is 0.523. The molecule has 2 amide bonds. The zero-order chi connectivity index (χ0) is 32.3. The summed E-state index contributed by atoms with van der Waals surface area (Å²) < 4.78 is 11.7. The molecule has 0 bridgehead atoms. The molecule has 0 atom stereocenters. The van der Waals surface area contributed by atoms with Gasteiger partial charge in [0.1, 0.15) is 0 Å². The van der Waals surface area contributed by atoms with Crippen LogP contribution in [0.3, 0.4) is 0 Å². The van der Waals surface area contributed by atoms with Crippen LogP contribution in [-0.2, 0) is 15.9 Å². The number of hydrogen-bond donors (Lipinski definition) is 2. The molecule has 0 saturated carbocycles. The van der Waals surface area contributed by atoms with Crippen molar-refractivity contribution in [2.24, 2.45) is 0 Å². The highest BCUT2D eigenvalue weighted by Crippen LogP contribution is 2.28. The molecule has 6 aromatic carbocycles. The Bertz CT molecular complexity index is 1640. The Kier molecular flexibility index (Phi) is 10.0. The molecule has 6 aromatic rings. The Morgan fingerprint density at radius 3 is 0.957 bits per heavy atom. The first kappa shape index (κ1) is 30.9. The Hall–Kier alpha value is -6.14. The third kappa shape index (κ3) is 8.53. The number of rotatable bonds is 10. The summed E-state index contributed by atoms with van der Waals surface area (Å²) in [5, 5.41) is 5.70. The highest BCUT2D eigenvalue weighted by Gasteiger charge is 2.20. The van der Waals surface area contributed by atoms with Crippen molar-refractivity contribution >= 4 is 23.6 Å². The second-order valence-corrected chi connectivity index (χ2v) is 11.0. The summed E-state index contributed by atoms with van der Waals surface area (Å²) in [6, 6.07) is 54.0. The molecule has 0 aliphatic carbocycles. The SMILES string of the molecule is O=C(Nc1ccc(Cc2ccc(NC(=O)OC(c3ccccc3)c3ccccc3)cc2)cc1)OC(c1ccccc1)c1ccccc1. The molecule has 0 saturated heterocycles. The molecule has 0 aromatic heterocycles. The number of hydrogen-bond acceptors (Lipinski definition) is 4. The highest BCUT2D eigenvalue weighted by atomic mass is 16.6. The number of amides is 2. The number of carbonyl (C=O) groups excluding carboxylic acids is 2. The van der Waals surface area contributed by atoms with Gasteiger partial charge < -0.3 is 9.47 Å². The lowest BCUT2D eigenvalue weighted by Gasteiger charge is -2.19. The van der Waals surface area contributed by atoms with Crippen LogP contribution in [-0.4, -0.2) is 12.2 Å². The topological polar surface area (TPSA) is 76.7 Å². The van der Waals surface area contributed by atoms with Crippen LogP contribution in [0.15, 0.2) is 170 Å². The second-order valence-electron chi connectivity index (χ2n) is 11.0. The molecular formula is C41H34N2O4. The predicted molar refractivity (Wildman–Crippen MR) is 185 cm³/mol. The van der Waals surface area contributed by atoms with Crippen molar-refractivity contribution in [3.63, 3.8) is 0 Å². The van der Waals surface area contributed by atoms with Gasteiger partial charge in [-0.2, -0.15) is 0 Å². The molecule has 6 heteroatoms. The summed E-state index contributed by atoms with van der Waals surface area (Å²) in [7, 11) is 0. The fourth-order valence-electron chi connectivity index (χ4n) is 5.32. The molecule has 6 nitrogen and oxygen atoms in total. The number of ether oxygens (including phenoxy) is 2. The third-order valence-corrected chi connectivity index (χ3v) is 7.67. The number of anilines is 2. The van der Waals surface area contributed by atoms with Crippen molar-refractivity contribution in [1.29, 1.82) is 0 Å². The molecule has 0 spiro atoms. The summed E-state index contributed by atoms with van der Waals surface area (Å²) in [5.41, 5.74) is 7.00. The molecule has 0 aliphatic heterocycles. The Morgan fingerprint density at radius 2 is 0.681 bits per heavy atom. The van der Waals surface area contributed by atoms with Gasteiger partial charge in [0, 0.05) is 11.4 Å². The van der Waals surface area contributed by atoms with Gasteiger partial charge in [-0.25, -0.2) is 9.59 Å². The highest BCUT2D eigenvalue weighted by molar-refractivity contribution is 5.85. The monoisotopic (exact) mass is 618 g/mol. The summed E-state index contributed by atoms with van der Waals surface area (Å²) >= 11 is 0. The fraction of sp³-hybridized carbons (Fsp3) is 0.0732. The van der Waals surface area contributed by atoms with E-state index in [1.165, 1.54) is 0 Å². The maximum atomic E-state index is 12.9. The van der Waals surface area contributed by atoms with Crippen LogP contribution < -0.4 is 10.6 Å². The van der Waals surface area contributed by atoms with Crippen LogP contribution in [0.2, 0.25) is 0 Å². The van der Waals surface area contributed by atoms with Gasteiger partial charge in [-0.3, -0.25) is 10.6 Å². The van der Waals surface area contributed by atoms with E-state index in [1.54, 1.807) is 0 Å². The summed E-state index contributed by atoms with van der Waals surface area (Å²) in [5.74, 6) is 0. The van der Waals surface area contributed by atoms with Gasteiger partial charge in [0.25, 0.3) is 0 Å². The largest absolute Gasteiger partial charge is 0.436 e. The minimum atomic E-state index is -0.532. The minimum Gasteiger partial charge on any atom is -0.436 e. The number of nitrogens with one attached hydrogen (secondary N) is 2. The van der Waals surface area contributed by atoms with Gasteiger partial charge in [0.2, 0.25) is 0 Å². The molecular weight excluding hydrogens is 584 g/mol. The Labute approximate surface area is 274 Å². The molecule has 0 radical (unpaired) electrons. The Morgan fingerprint density at radius 1 is 0.404 bits per heavy atom. The van der Waals surface area contributed by atoms with Crippen molar-refractivity contribution in [1.82, 2.24) is 0 Å². The van der Waals surface area contributed by atoms with Crippen LogP contribution in [0, 0.1) is 0 Å². The predicted octanol–water partition coefficient (Wildman–Crippen LogP) is 9.95. The van der Waals surface area contributed by atoms with Gasteiger partial charge in [-0.1, -0.05) is 146 Å². The van der Waals surface area contributed by atoms with Gasteiger partial charge >= 0.3 is 12.2 Å². The van der Waals surface area contributed by atoms with Crippen molar-refractivity contribution < 1.29 is 19.1 Å². The third-order valence-electron chi connectivity index (χ3n) is 7.67. The van der Waals surface area contributed by atoms with E-state index in [2.05, 4.69) is 10.6 Å². The van der Waals surface area contributed by atoms with Crippen molar-refractivity contribution in [3.05, 3.63) is 203 Å². The molecule has 47 heavy (non-hydrogen) atoms. The van der Waals surface area contributed by atoms with Crippen LogP contribution in [0.4, 0.5) is 21.0 Å². The zero-order valence-corrected chi connectivity index (χ0v) is 25.7. The van der Waals surface area contributed by atoms with Gasteiger partial charge in [0.15, 0.2) is 12.2 Å². The first-order chi connectivity index (χ1) is 23.1.